The van der Waals surface area contributed by atoms with E-state index in [9.17, 15) is 10.1 Å². The number of ether oxygens (including phenoxy) is 1. The van der Waals surface area contributed by atoms with Gasteiger partial charge < -0.3 is 9.30 Å². The number of carbonyl (C=O) groups excluding carboxylic acids is 1. The van der Waals surface area contributed by atoms with Gasteiger partial charge in [-0.2, -0.15) is 5.26 Å². The Hall–Kier alpha value is -2.82. The molecular weight excluding hydrogens is 449 g/mol. The molecule has 1 unspecified atom stereocenters. The summed E-state index contributed by atoms with van der Waals surface area (Å²) in [5.74, 6) is 0.370. The van der Waals surface area contributed by atoms with Crippen molar-refractivity contribution in [1.29, 1.82) is 5.26 Å². The highest BCUT2D eigenvalue weighted by Gasteiger charge is 2.52. The van der Waals surface area contributed by atoms with Crippen molar-refractivity contribution in [2.24, 2.45) is 5.41 Å². The largest absolute Gasteiger partial charge is 0.441 e. The first-order valence-corrected chi connectivity index (χ1v) is 11.2. The van der Waals surface area contributed by atoms with Gasteiger partial charge in [0.1, 0.15) is 5.60 Å². The lowest BCUT2D eigenvalue weighted by Crippen LogP contribution is -2.45. The Morgan fingerprint density at radius 2 is 2.09 bits per heavy atom. The minimum absolute atomic E-state index is 0.109. The summed E-state index contributed by atoms with van der Waals surface area (Å²) >= 11 is 12.3. The van der Waals surface area contributed by atoms with Crippen LogP contribution in [-0.2, 0) is 11.3 Å². The van der Waals surface area contributed by atoms with Crippen LogP contribution in [0.25, 0.3) is 11.0 Å². The number of hydrogen-bond acceptors (Lipinski definition) is 5. The Morgan fingerprint density at radius 1 is 1.25 bits per heavy atom. The van der Waals surface area contributed by atoms with E-state index in [4.69, 9.17) is 27.9 Å². The van der Waals surface area contributed by atoms with E-state index >= 15 is 0 Å². The van der Waals surface area contributed by atoms with Crippen molar-refractivity contribution < 1.29 is 9.53 Å². The number of amides is 1. The van der Waals surface area contributed by atoms with Crippen molar-refractivity contribution in [3.8, 4) is 6.07 Å². The number of fused-ring (bicyclic) bond motifs is 1. The summed E-state index contributed by atoms with van der Waals surface area (Å²) in [4.78, 5) is 23.0. The number of anilines is 1. The topological polar surface area (TPSA) is 84.0 Å². The minimum Gasteiger partial charge on any atom is -0.441 e. The van der Waals surface area contributed by atoms with E-state index in [1.807, 2.05) is 18.5 Å². The van der Waals surface area contributed by atoms with Crippen molar-refractivity contribution in [2.45, 2.75) is 44.8 Å². The van der Waals surface area contributed by atoms with E-state index in [-0.39, 0.29) is 5.41 Å². The number of hydrogen-bond donors (Lipinski definition) is 0. The first kappa shape index (κ1) is 21.0. The summed E-state index contributed by atoms with van der Waals surface area (Å²) in [5.41, 5.74) is 1.70. The van der Waals surface area contributed by atoms with Gasteiger partial charge in [0, 0.05) is 12.7 Å². The van der Waals surface area contributed by atoms with Crippen LogP contribution in [-0.4, -0.2) is 32.8 Å². The molecule has 164 valence electrons. The summed E-state index contributed by atoms with van der Waals surface area (Å²) in [5, 5.41) is 10.00. The van der Waals surface area contributed by atoms with Gasteiger partial charge >= 0.3 is 6.09 Å². The fourth-order valence-corrected chi connectivity index (χ4v) is 5.69. The van der Waals surface area contributed by atoms with Crippen LogP contribution in [0.2, 0.25) is 10.0 Å². The van der Waals surface area contributed by atoms with Crippen LogP contribution in [0.15, 0.2) is 36.8 Å². The van der Waals surface area contributed by atoms with E-state index in [0.29, 0.717) is 34.4 Å². The van der Waals surface area contributed by atoms with Crippen LogP contribution in [0.5, 0.6) is 0 Å². The van der Waals surface area contributed by atoms with Crippen molar-refractivity contribution in [1.82, 2.24) is 14.5 Å². The number of aromatic nitrogens is 3. The molecule has 1 saturated carbocycles. The lowest BCUT2D eigenvalue weighted by atomic mass is 9.68. The number of imidazole rings is 1. The van der Waals surface area contributed by atoms with Crippen molar-refractivity contribution in [3.05, 3.63) is 52.4 Å². The highest BCUT2D eigenvalue weighted by Crippen LogP contribution is 2.48. The summed E-state index contributed by atoms with van der Waals surface area (Å²) in [6, 6.07) is 9.29. The number of rotatable bonds is 3. The molecule has 7 nitrogen and oxygen atoms in total. The quantitative estimate of drug-likeness (QED) is 0.499. The zero-order valence-corrected chi connectivity index (χ0v) is 19.0. The van der Waals surface area contributed by atoms with Gasteiger partial charge in [-0.3, -0.25) is 4.90 Å². The molecule has 0 N–H and O–H groups in total. The number of benzene rings is 1. The highest BCUT2D eigenvalue weighted by atomic mass is 35.5. The van der Waals surface area contributed by atoms with Gasteiger partial charge in [-0.15, -0.1) is 0 Å². The second kappa shape index (κ2) is 7.65. The van der Waals surface area contributed by atoms with Gasteiger partial charge in [0.05, 0.1) is 45.6 Å². The van der Waals surface area contributed by atoms with Gasteiger partial charge in [-0.1, -0.05) is 30.1 Å². The third-order valence-electron chi connectivity index (χ3n) is 6.48. The molecule has 9 heteroatoms. The Kier molecular flexibility index (Phi) is 5.03. The molecule has 2 fully saturated rings. The van der Waals surface area contributed by atoms with E-state index in [0.717, 1.165) is 36.8 Å². The minimum atomic E-state index is -0.594. The van der Waals surface area contributed by atoms with Gasteiger partial charge in [-0.05, 0) is 55.4 Å². The lowest BCUT2D eigenvalue weighted by molar-refractivity contribution is -0.0264. The average molecular weight is 470 g/mol. The van der Waals surface area contributed by atoms with E-state index in [1.54, 1.807) is 12.1 Å². The monoisotopic (exact) mass is 469 g/mol. The van der Waals surface area contributed by atoms with Crippen LogP contribution in [0.4, 0.5) is 10.6 Å². The lowest BCUT2D eigenvalue weighted by Gasteiger charge is -2.43. The molecule has 5 rings (SSSR count). The molecule has 1 spiro atoms. The number of carbonyl (C=O) groups is 1. The fraction of sp³-hybridized carbons (Fsp3) is 0.391. The van der Waals surface area contributed by atoms with Crippen molar-refractivity contribution in [3.63, 3.8) is 0 Å². The van der Waals surface area contributed by atoms with Gasteiger partial charge in [0.25, 0.3) is 0 Å². The molecule has 32 heavy (non-hydrogen) atoms. The molecule has 3 heterocycles. The van der Waals surface area contributed by atoms with Crippen molar-refractivity contribution >= 4 is 46.1 Å². The number of nitrogens with zero attached hydrogens (tertiary/aromatic N) is 5. The summed E-state index contributed by atoms with van der Waals surface area (Å²) in [7, 11) is 0. The molecule has 1 aromatic carbocycles. The molecule has 3 aromatic rings. The molecule has 2 aromatic heterocycles. The SMILES string of the molecule is CC1(Cn2cnc3ccc(C#N)cc32)CCC[C@@]2(CN(c3ncc(Cl)cc3Cl)C(=O)O2)C1. The summed E-state index contributed by atoms with van der Waals surface area (Å²) in [6.07, 6.45) is 6.32. The molecule has 1 aliphatic carbocycles. The van der Waals surface area contributed by atoms with E-state index in [2.05, 4.69) is 27.5 Å². The van der Waals surface area contributed by atoms with E-state index < -0.39 is 11.7 Å². The summed E-state index contributed by atoms with van der Waals surface area (Å²) < 4.78 is 8.07. The molecule has 1 amide bonds. The second-order valence-corrected chi connectivity index (χ2v) is 9.97. The number of halogens is 2. The molecule has 2 atom stereocenters. The Balaban J connectivity index is 1.40. The number of nitriles is 1. The average Bonchev–Trinajstić information content (AvgIpc) is 3.27. The molecule has 0 bridgehead atoms. The third-order valence-corrected chi connectivity index (χ3v) is 6.96. The maximum absolute atomic E-state index is 12.8. The highest BCUT2D eigenvalue weighted by molar-refractivity contribution is 6.36. The molecule has 0 radical (unpaired) electrons. The van der Waals surface area contributed by atoms with Gasteiger partial charge in [0.2, 0.25) is 0 Å². The predicted octanol–water partition coefficient (Wildman–Crippen LogP) is 5.59. The van der Waals surface area contributed by atoms with Crippen molar-refractivity contribution in [2.75, 3.05) is 11.4 Å². The smallest absolute Gasteiger partial charge is 0.416 e. The second-order valence-electron chi connectivity index (χ2n) is 9.12. The Labute approximate surface area is 195 Å². The molecular formula is C23H21Cl2N5O2. The fourth-order valence-electron chi connectivity index (χ4n) is 5.21. The van der Waals surface area contributed by atoms with Crippen LogP contribution < -0.4 is 4.90 Å². The van der Waals surface area contributed by atoms with Gasteiger partial charge in [-0.25, -0.2) is 14.8 Å². The standard InChI is InChI=1S/C23H21Cl2N5O2/c1-22(12-29-14-28-18-4-3-15(9-26)7-19(18)29)5-2-6-23(11-22)13-30(21(31)32-23)20-17(25)8-16(24)10-27-20/h3-4,7-8,10,14H,2,5-6,11-13H2,1H3/t22?,23-/m0/s1. The molecule has 2 aliphatic rings. The first-order valence-electron chi connectivity index (χ1n) is 10.5. The Bertz CT molecular complexity index is 1270. The number of pyridine rings is 1. The predicted molar refractivity (Wildman–Crippen MR) is 122 cm³/mol. The van der Waals surface area contributed by atoms with Crippen LogP contribution >= 0.6 is 23.2 Å². The first-order chi connectivity index (χ1) is 15.3. The third kappa shape index (κ3) is 3.68. The van der Waals surface area contributed by atoms with Crippen LogP contribution in [0.3, 0.4) is 0 Å². The zero-order valence-electron chi connectivity index (χ0n) is 17.5. The zero-order chi connectivity index (χ0) is 22.5. The van der Waals surface area contributed by atoms with Crippen LogP contribution in [0.1, 0.15) is 38.2 Å². The van der Waals surface area contributed by atoms with Gasteiger partial charge in [0.15, 0.2) is 5.82 Å². The Morgan fingerprint density at radius 3 is 2.88 bits per heavy atom. The molecule has 1 saturated heterocycles. The molecule has 1 aliphatic heterocycles. The van der Waals surface area contributed by atoms with E-state index in [1.165, 1.54) is 11.1 Å². The maximum Gasteiger partial charge on any atom is 0.416 e. The summed E-state index contributed by atoms with van der Waals surface area (Å²) in [6.45, 7) is 3.34. The van der Waals surface area contributed by atoms with Crippen LogP contribution in [0, 0.1) is 16.7 Å². The normalized spacial score (nSPS) is 25.3. The maximum atomic E-state index is 12.8.